The number of morpholine rings is 1. The van der Waals surface area contributed by atoms with Gasteiger partial charge in [0.15, 0.2) is 11.5 Å². The van der Waals surface area contributed by atoms with Crippen molar-refractivity contribution in [1.82, 2.24) is 10.2 Å². The third-order valence-corrected chi connectivity index (χ3v) is 4.21. The predicted octanol–water partition coefficient (Wildman–Crippen LogP) is 1.86. The first-order chi connectivity index (χ1) is 13.5. The Bertz CT molecular complexity index is 646. The van der Waals surface area contributed by atoms with E-state index < -0.39 is 6.04 Å². The van der Waals surface area contributed by atoms with Crippen molar-refractivity contribution in [3.63, 3.8) is 0 Å². The van der Waals surface area contributed by atoms with Crippen LogP contribution in [0.1, 0.15) is 38.1 Å². The lowest BCUT2D eigenvalue weighted by atomic mass is 10.1. The van der Waals surface area contributed by atoms with Gasteiger partial charge in [0.1, 0.15) is 6.04 Å². The van der Waals surface area contributed by atoms with Crippen LogP contribution in [0.25, 0.3) is 0 Å². The average molecular weight is 394 g/mol. The second-order valence-electron chi connectivity index (χ2n) is 6.23. The smallest absolute Gasteiger partial charge is 0.252 e. The van der Waals surface area contributed by atoms with Crippen LogP contribution in [0.15, 0.2) is 12.1 Å². The number of nitrogens with zero attached hydrogens (tertiary/aromatic N) is 1. The van der Waals surface area contributed by atoms with Crippen LogP contribution in [0.4, 0.5) is 0 Å². The minimum atomic E-state index is -0.650. The summed E-state index contributed by atoms with van der Waals surface area (Å²) in [5, 5.41) is 2.76. The molecule has 156 valence electrons. The van der Waals surface area contributed by atoms with Gasteiger partial charge >= 0.3 is 0 Å². The molecule has 0 unspecified atom stereocenters. The fourth-order valence-corrected chi connectivity index (χ4v) is 2.92. The second-order valence-corrected chi connectivity index (χ2v) is 6.23. The van der Waals surface area contributed by atoms with Crippen molar-refractivity contribution in [3.8, 4) is 17.2 Å². The van der Waals surface area contributed by atoms with Gasteiger partial charge in [0.2, 0.25) is 11.7 Å². The number of rotatable bonds is 9. The molecule has 8 nitrogen and oxygen atoms in total. The van der Waals surface area contributed by atoms with Crippen LogP contribution in [-0.2, 0) is 9.53 Å². The molecule has 1 saturated heterocycles. The number of hydrogen-bond acceptors (Lipinski definition) is 6. The maximum absolute atomic E-state index is 12.8. The van der Waals surface area contributed by atoms with E-state index in [1.54, 1.807) is 24.0 Å². The van der Waals surface area contributed by atoms with E-state index in [1.807, 2.05) is 20.8 Å². The SMILES string of the molecule is CCOc1cc(C(=O)N[C@@H](C)C(=O)N2CCOCC2)cc(OCC)c1OCC. The Hall–Kier alpha value is -2.48. The topological polar surface area (TPSA) is 86.3 Å². The molecule has 28 heavy (non-hydrogen) atoms. The fourth-order valence-electron chi connectivity index (χ4n) is 2.92. The minimum Gasteiger partial charge on any atom is -0.490 e. The van der Waals surface area contributed by atoms with E-state index in [0.717, 1.165) is 0 Å². The van der Waals surface area contributed by atoms with Gasteiger partial charge in [-0.3, -0.25) is 9.59 Å². The van der Waals surface area contributed by atoms with Crippen molar-refractivity contribution in [3.05, 3.63) is 17.7 Å². The van der Waals surface area contributed by atoms with Crippen molar-refractivity contribution in [2.45, 2.75) is 33.7 Å². The Morgan fingerprint density at radius 1 is 1.04 bits per heavy atom. The molecule has 1 heterocycles. The Labute approximate surface area is 166 Å². The molecule has 2 amide bonds. The highest BCUT2D eigenvalue weighted by molar-refractivity contribution is 5.98. The molecule has 1 aliphatic rings. The summed E-state index contributed by atoms with van der Waals surface area (Å²) in [7, 11) is 0. The third-order valence-electron chi connectivity index (χ3n) is 4.21. The largest absolute Gasteiger partial charge is 0.490 e. The summed E-state index contributed by atoms with van der Waals surface area (Å²) < 4.78 is 22.2. The zero-order chi connectivity index (χ0) is 20.5. The predicted molar refractivity (Wildman–Crippen MR) is 104 cm³/mol. The van der Waals surface area contributed by atoms with E-state index in [0.29, 0.717) is 68.9 Å². The van der Waals surface area contributed by atoms with Crippen molar-refractivity contribution in [1.29, 1.82) is 0 Å². The number of nitrogens with one attached hydrogen (secondary N) is 1. The molecule has 8 heteroatoms. The van der Waals surface area contributed by atoms with Crippen molar-refractivity contribution in [2.24, 2.45) is 0 Å². The molecule has 0 aromatic heterocycles. The molecule has 0 saturated carbocycles. The molecule has 1 fully saturated rings. The van der Waals surface area contributed by atoms with Gasteiger partial charge in [0.05, 0.1) is 33.0 Å². The van der Waals surface area contributed by atoms with E-state index in [1.165, 1.54) is 0 Å². The minimum absolute atomic E-state index is 0.127. The van der Waals surface area contributed by atoms with Gasteiger partial charge in [0.25, 0.3) is 5.91 Å². The van der Waals surface area contributed by atoms with Crippen LogP contribution in [0.2, 0.25) is 0 Å². The van der Waals surface area contributed by atoms with E-state index in [2.05, 4.69) is 5.32 Å². The first-order valence-corrected chi connectivity index (χ1v) is 9.75. The van der Waals surface area contributed by atoms with Crippen LogP contribution in [0, 0.1) is 0 Å². The van der Waals surface area contributed by atoms with E-state index in [4.69, 9.17) is 18.9 Å². The van der Waals surface area contributed by atoms with Gasteiger partial charge in [-0.25, -0.2) is 0 Å². The molecule has 0 radical (unpaired) electrons. The highest BCUT2D eigenvalue weighted by Crippen LogP contribution is 2.39. The summed E-state index contributed by atoms with van der Waals surface area (Å²) in [6.45, 7) is 10.6. The van der Waals surface area contributed by atoms with Crippen molar-refractivity contribution >= 4 is 11.8 Å². The van der Waals surface area contributed by atoms with Gasteiger partial charge in [-0.2, -0.15) is 0 Å². The number of hydrogen-bond donors (Lipinski definition) is 1. The summed E-state index contributed by atoms with van der Waals surface area (Å²) in [6, 6.07) is 2.57. The molecular formula is C20H30N2O6. The lowest BCUT2D eigenvalue weighted by Crippen LogP contribution is -2.50. The second kappa shape index (κ2) is 10.8. The van der Waals surface area contributed by atoms with Crippen molar-refractivity contribution < 1.29 is 28.5 Å². The first-order valence-electron chi connectivity index (χ1n) is 9.75. The zero-order valence-corrected chi connectivity index (χ0v) is 17.1. The maximum Gasteiger partial charge on any atom is 0.252 e. The average Bonchev–Trinajstić information content (AvgIpc) is 2.70. The van der Waals surface area contributed by atoms with Gasteiger partial charge in [0, 0.05) is 18.7 Å². The van der Waals surface area contributed by atoms with E-state index >= 15 is 0 Å². The lowest BCUT2D eigenvalue weighted by molar-refractivity contribution is -0.136. The highest BCUT2D eigenvalue weighted by atomic mass is 16.5. The zero-order valence-electron chi connectivity index (χ0n) is 17.1. The molecule has 0 spiro atoms. The number of ether oxygens (including phenoxy) is 4. The van der Waals surface area contributed by atoms with Crippen LogP contribution in [-0.4, -0.2) is 68.9 Å². The molecular weight excluding hydrogens is 364 g/mol. The van der Waals surface area contributed by atoms with Crippen molar-refractivity contribution in [2.75, 3.05) is 46.1 Å². The molecule has 1 aromatic carbocycles. The number of benzene rings is 1. The first kappa shape index (κ1) is 21.8. The Morgan fingerprint density at radius 2 is 1.57 bits per heavy atom. The van der Waals surface area contributed by atoms with Gasteiger partial charge in [-0.05, 0) is 39.8 Å². The number of amides is 2. The third kappa shape index (κ3) is 5.51. The standard InChI is InChI=1S/C20H30N2O6/c1-5-26-16-12-15(13-17(27-6-2)18(16)28-7-3)19(23)21-14(4)20(24)22-8-10-25-11-9-22/h12-14H,5-11H2,1-4H3,(H,21,23)/t14-/m0/s1. The van der Waals surface area contributed by atoms with Gasteiger partial charge < -0.3 is 29.2 Å². The van der Waals surface area contributed by atoms with Crippen LogP contribution >= 0.6 is 0 Å². The molecule has 0 bridgehead atoms. The molecule has 1 aromatic rings. The summed E-state index contributed by atoms with van der Waals surface area (Å²) in [4.78, 5) is 27.0. The van der Waals surface area contributed by atoms with Crippen LogP contribution in [0.5, 0.6) is 17.2 Å². The molecule has 1 aliphatic heterocycles. The van der Waals surface area contributed by atoms with Gasteiger partial charge in [-0.15, -0.1) is 0 Å². The fraction of sp³-hybridized carbons (Fsp3) is 0.600. The lowest BCUT2D eigenvalue weighted by Gasteiger charge is -2.29. The quantitative estimate of drug-likeness (QED) is 0.688. The highest BCUT2D eigenvalue weighted by Gasteiger charge is 2.25. The normalized spacial score (nSPS) is 14.9. The Morgan fingerprint density at radius 3 is 2.07 bits per heavy atom. The molecule has 0 aliphatic carbocycles. The molecule has 1 N–H and O–H groups in total. The van der Waals surface area contributed by atoms with Gasteiger partial charge in [-0.1, -0.05) is 0 Å². The monoisotopic (exact) mass is 394 g/mol. The molecule has 2 rings (SSSR count). The maximum atomic E-state index is 12.8. The molecule has 1 atom stereocenters. The Kier molecular flexibility index (Phi) is 8.38. The number of carbonyl (C=O) groups excluding carboxylic acids is 2. The summed E-state index contributed by atoms with van der Waals surface area (Å²) in [5.74, 6) is 0.845. The van der Waals surface area contributed by atoms with E-state index in [-0.39, 0.29) is 11.8 Å². The van der Waals surface area contributed by atoms with Crippen LogP contribution < -0.4 is 19.5 Å². The number of carbonyl (C=O) groups is 2. The van der Waals surface area contributed by atoms with E-state index in [9.17, 15) is 9.59 Å². The Balaban J connectivity index is 2.19. The summed E-state index contributed by atoms with van der Waals surface area (Å²) in [6.07, 6.45) is 0. The summed E-state index contributed by atoms with van der Waals surface area (Å²) in [5.41, 5.74) is 0.344. The summed E-state index contributed by atoms with van der Waals surface area (Å²) >= 11 is 0. The van der Waals surface area contributed by atoms with Crippen LogP contribution in [0.3, 0.4) is 0 Å².